The third kappa shape index (κ3) is 3.34. The van der Waals surface area contributed by atoms with Crippen LogP contribution in [0.5, 0.6) is 0 Å². The molecule has 6 heteroatoms. The van der Waals surface area contributed by atoms with Gasteiger partial charge < -0.3 is 4.90 Å². The normalized spacial score (nSPS) is 26.5. The zero-order valence-corrected chi connectivity index (χ0v) is 19.5. The van der Waals surface area contributed by atoms with Crippen molar-refractivity contribution in [3.05, 3.63) is 42.5 Å². The van der Waals surface area contributed by atoms with Crippen LogP contribution in [0.25, 0.3) is 10.8 Å². The number of rotatable bonds is 4. The van der Waals surface area contributed by atoms with Crippen LogP contribution in [-0.2, 0) is 14.8 Å². The molecule has 2 aromatic rings. The van der Waals surface area contributed by atoms with E-state index < -0.39 is 21.5 Å². The fraction of sp³-hybridized carbons (Fsp3) is 0.542. The van der Waals surface area contributed by atoms with Crippen LogP contribution in [0.15, 0.2) is 47.4 Å². The highest BCUT2D eigenvalue weighted by Crippen LogP contribution is 2.64. The van der Waals surface area contributed by atoms with Crippen molar-refractivity contribution in [3.63, 3.8) is 0 Å². The average molecular weight is 429 g/mol. The number of nitrogens with zero attached hydrogens (tertiary/aromatic N) is 1. The Bertz CT molecular complexity index is 1100. The molecule has 0 radical (unpaired) electrons. The summed E-state index contributed by atoms with van der Waals surface area (Å²) in [6, 6.07) is 11.9. The predicted octanol–water partition coefficient (Wildman–Crippen LogP) is 4.04. The molecule has 2 aliphatic rings. The van der Waals surface area contributed by atoms with Crippen molar-refractivity contribution >= 4 is 26.7 Å². The number of nitrogens with one attached hydrogen (secondary N) is 1. The van der Waals surface area contributed by atoms with E-state index >= 15 is 0 Å². The van der Waals surface area contributed by atoms with Crippen molar-refractivity contribution < 1.29 is 13.2 Å². The maximum Gasteiger partial charge on any atom is 0.241 e. The maximum absolute atomic E-state index is 13.6. The second-order valence-corrected chi connectivity index (χ2v) is 12.3. The van der Waals surface area contributed by atoms with E-state index in [0.29, 0.717) is 23.8 Å². The van der Waals surface area contributed by atoms with Crippen molar-refractivity contribution in [1.82, 2.24) is 9.62 Å². The zero-order valence-electron chi connectivity index (χ0n) is 18.6. The molecule has 5 nitrogen and oxygen atoms in total. The van der Waals surface area contributed by atoms with Crippen molar-refractivity contribution in [2.24, 2.45) is 22.7 Å². The summed E-state index contributed by atoms with van der Waals surface area (Å²) in [6.45, 7) is 13.0. The fourth-order valence-corrected chi connectivity index (χ4v) is 6.99. The minimum atomic E-state index is -3.88. The van der Waals surface area contributed by atoms with Gasteiger partial charge in [0.05, 0.1) is 4.90 Å². The maximum atomic E-state index is 13.6. The molecule has 1 saturated carbocycles. The molecule has 4 rings (SSSR count). The van der Waals surface area contributed by atoms with E-state index in [2.05, 4.69) is 25.5 Å². The average Bonchev–Trinajstić information content (AvgIpc) is 3.00. The lowest BCUT2D eigenvalue weighted by Gasteiger charge is -2.37. The Labute approximate surface area is 179 Å². The molecule has 2 aromatic carbocycles. The third-order valence-corrected chi connectivity index (χ3v) is 8.73. The van der Waals surface area contributed by atoms with Gasteiger partial charge in [-0.2, -0.15) is 4.72 Å². The number of benzene rings is 2. The van der Waals surface area contributed by atoms with Gasteiger partial charge in [0.1, 0.15) is 6.04 Å². The highest BCUT2D eigenvalue weighted by atomic mass is 32.2. The molecule has 4 atom stereocenters. The van der Waals surface area contributed by atoms with Crippen molar-refractivity contribution in [2.45, 2.75) is 58.5 Å². The van der Waals surface area contributed by atoms with Crippen molar-refractivity contribution in [1.29, 1.82) is 0 Å². The summed E-state index contributed by atoms with van der Waals surface area (Å²) in [5, 5.41) is 1.51. The van der Waals surface area contributed by atoms with E-state index in [1.807, 2.05) is 49.9 Å². The number of amides is 1. The van der Waals surface area contributed by atoms with E-state index in [0.717, 1.165) is 5.39 Å². The van der Waals surface area contributed by atoms with Crippen LogP contribution in [0.4, 0.5) is 0 Å². The molecule has 0 aromatic heterocycles. The first kappa shape index (κ1) is 21.3. The molecule has 1 N–H and O–H groups in total. The smallest absolute Gasteiger partial charge is 0.241 e. The largest absolute Gasteiger partial charge is 0.338 e. The van der Waals surface area contributed by atoms with Gasteiger partial charge in [0, 0.05) is 18.0 Å². The molecular weight excluding hydrogens is 396 g/mol. The molecule has 1 heterocycles. The van der Waals surface area contributed by atoms with Crippen LogP contribution in [0.1, 0.15) is 41.5 Å². The van der Waals surface area contributed by atoms with Crippen LogP contribution in [0, 0.1) is 22.7 Å². The highest BCUT2D eigenvalue weighted by Gasteiger charge is 2.66. The lowest BCUT2D eigenvalue weighted by Crippen LogP contribution is -2.56. The lowest BCUT2D eigenvalue weighted by atomic mass is 9.86. The summed E-state index contributed by atoms with van der Waals surface area (Å²) < 4.78 is 29.6. The number of carbonyl (C=O) groups excluding carboxylic acids is 1. The molecule has 30 heavy (non-hydrogen) atoms. The fourth-order valence-electron chi connectivity index (χ4n) is 5.37. The molecular formula is C24H32N2O3S. The standard InChI is InChI=1S/C24H32N2O3S/c1-15-20-18(24(20,5)6)14-26(15)22(27)21(23(2,3)4)25-30(28,29)19-13-9-11-16-10-7-8-12-17(16)19/h7-13,15,18,20-21,25H,14H2,1-6H3/t15-,18?,20-,21-/m1/s1. The van der Waals surface area contributed by atoms with E-state index in [1.54, 1.807) is 18.2 Å². The Morgan fingerprint density at radius 2 is 1.77 bits per heavy atom. The van der Waals surface area contributed by atoms with E-state index in [1.165, 1.54) is 0 Å². The number of carbonyl (C=O) groups is 1. The molecule has 0 bridgehead atoms. The highest BCUT2D eigenvalue weighted by molar-refractivity contribution is 7.89. The second kappa shape index (κ2) is 6.79. The lowest BCUT2D eigenvalue weighted by molar-refractivity contribution is -0.137. The van der Waals surface area contributed by atoms with Gasteiger partial charge in [-0.25, -0.2) is 8.42 Å². The summed E-state index contributed by atoms with van der Waals surface area (Å²) >= 11 is 0. The number of piperidine rings is 1. The van der Waals surface area contributed by atoms with Gasteiger partial charge in [-0.3, -0.25) is 4.79 Å². The number of sulfonamides is 1. The van der Waals surface area contributed by atoms with Gasteiger partial charge >= 0.3 is 0 Å². The van der Waals surface area contributed by atoms with Crippen LogP contribution >= 0.6 is 0 Å². The second-order valence-electron chi connectivity index (χ2n) is 10.6. The van der Waals surface area contributed by atoms with Gasteiger partial charge in [0.2, 0.25) is 15.9 Å². The van der Waals surface area contributed by atoms with Crippen LogP contribution in [0.2, 0.25) is 0 Å². The molecule has 1 amide bonds. The Kier molecular flexibility index (Phi) is 4.83. The summed E-state index contributed by atoms with van der Waals surface area (Å²) in [7, 11) is -3.88. The summed E-state index contributed by atoms with van der Waals surface area (Å²) in [6.07, 6.45) is 0. The number of hydrogen-bond acceptors (Lipinski definition) is 3. The molecule has 1 aliphatic carbocycles. The van der Waals surface area contributed by atoms with Gasteiger partial charge in [0.25, 0.3) is 0 Å². The molecule has 1 unspecified atom stereocenters. The quantitative estimate of drug-likeness (QED) is 0.799. The first-order valence-electron chi connectivity index (χ1n) is 10.7. The summed E-state index contributed by atoms with van der Waals surface area (Å²) in [5.41, 5.74) is -0.285. The van der Waals surface area contributed by atoms with Crippen molar-refractivity contribution in [3.8, 4) is 0 Å². The third-order valence-electron chi connectivity index (χ3n) is 7.25. The molecule has 162 valence electrons. The molecule has 1 aliphatic heterocycles. The van der Waals surface area contributed by atoms with Crippen LogP contribution < -0.4 is 4.72 Å². The minimum Gasteiger partial charge on any atom is -0.338 e. The first-order chi connectivity index (χ1) is 13.9. The Morgan fingerprint density at radius 1 is 1.13 bits per heavy atom. The van der Waals surface area contributed by atoms with E-state index in [4.69, 9.17) is 0 Å². The van der Waals surface area contributed by atoms with Crippen LogP contribution in [0.3, 0.4) is 0 Å². The Morgan fingerprint density at radius 3 is 2.37 bits per heavy atom. The summed E-state index contributed by atoms with van der Waals surface area (Å²) in [4.78, 5) is 15.7. The SMILES string of the molecule is C[C@@H]1[C@@H]2C(CN1C(=O)[C@@H](NS(=O)(=O)c1cccc3ccccc13)C(C)(C)C)C2(C)C. The monoisotopic (exact) mass is 428 g/mol. The van der Waals surface area contributed by atoms with Crippen LogP contribution in [-0.4, -0.2) is 37.9 Å². The first-order valence-corrected chi connectivity index (χ1v) is 12.1. The molecule has 0 spiro atoms. The number of hydrogen-bond donors (Lipinski definition) is 1. The van der Waals surface area contributed by atoms with Gasteiger partial charge in [-0.05, 0) is 41.0 Å². The number of fused-ring (bicyclic) bond motifs is 2. The molecule has 2 fully saturated rings. The van der Waals surface area contributed by atoms with Crippen molar-refractivity contribution in [2.75, 3.05) is 6.54 Å². The zero-order chi connectivity index (χ0) is 22.1. The van der Waals surface area contributed by atoms with Gasteiger partial charge in [0.15, 0.2) is 0 Å². The van der Waals surface area contributed by atoms with Gasteiger partial charge in [-0.1, -0.05) is 71.0 Å². The van der Waals surface area contributed by atoms with E-state index in [-0.39, 0.29) is 22.3 Å². The van der Waals surface area contributed by atoms with E-state index in [9.17, 15) is 13.2 Å². The Hall–Kier alpha value is -1.92. The minimum absolute atomic E-state index is 0.123. The van der Waals surface area contributed by atoms with Gasteiger partial charge in [-0.15, -0.1) is 0 Å². The number of likely N-dealkylation sites (tertiary alicyclic amines) is 1. The topological polar surface area (TPSA) is 66.5 Å². The predicted molar refractivity (Wildman–Crippen MR) is 119 cm³/mol. The Balaban J connectivity index is 1.65. The molecule has 1 saturated heterocycles. The summed E-state index contributed by atoms with van der Waals surface area (Å²) in [5.74, 6) is 0.880.